The fourth-order valence-electron chi connectivity index (χ4n) is 3.53. The number of ether oxygens (including phenoxy) is 2. The molecule has 0 atom stereocenters. The molecule has 0 aliphatic rings. The van der Waals surface area contributed by atoms with Crippen LogP contribution in [0.15, 0.2) is 65.8 Å². The minimum atomic E-state index is -0.390. The quantitative estimate of drug-likeness (QED) is 0.267. The van der Waals surface area contributed by atoms with Gasteiger partial charge < -0.3 is 19.4 Å². The molecule has 9 heteroatoms. The number of hydrogen-bond donors (Lipinski definition) is 1. The summed E-state index contributed by atoms with van der Waals surface area (Å²) in [5, 5.41) is 14.2. The zero-order valence-electron chi connectivity index (χ0n) is 19.8. The SMILES string of the molecule is CCOC(=O)c1ccc(NC(=O)CSc2nnc(COc3ccc4ccccc4c3C)n2C)cc1. The molecule has 0 aliphatic heterocycles. The second-order valence-corrected chi connectivity index (χ2v) is 8.73. The van der Waals surface area contributed by atoms with E-state index in [9.17, 15) is 9.59 Å². The predicted molar refractivity (Wildman–Crippen MR) is 136 cm³/mol. The summed E-state index contributed by atoms with van der Waals surface area (Å²) in [5.74, 6) is 1.05. The van der Waals surface area contributed by atoms with Crippen LogP contribution < -0.4 is 10.1 Å². The highest BCUT2D eigenvalue weighted by Crippen LogP contribution is 2.28. The molecule has 1 heterocycles. The minimum Gasteiger partial charge on any atom is -0.485 e. The molecule has 180 valence electrons. The lowest BCUT2D eigenvalue weighted by Crippen LogP contribution is -2.15. The van der Waals surface area contributed by atoms with Crippen molar-refractivity contribution in [3.63, 3.8) is 0 Å². The van der Waals surface area contributed by atoms with Crippen LogP contribution in [-0.2, 0) is 23.2 Å². The van der Waals surface area contributed by atoms with Gasteiger partial charge in [0.05, 0.1) is 17.9 Å². The molecule has 0 bridgehead atoms. The van der Waals surface area contributed by atoms with Crippen molar-refractivity contribution in [1.29, 1.82) is 0 Å². The van der Waals surface area contributed by atoms with Crippen LogP contribution in [0.3, 0.4) is 0 Å². The summed E-state index contributed by atoms with van der Waals surface area (Å²) < 4.78 is 12.8. The van der Waals surface area contributed by atoms with Gasteiger partial charge in [0.15, 0.2) is 11.0 Å². The van der Waals surface area contributed by atoms with E-state index in [0.29, 0.717) is 28.8 Å². The number of carbonyl (C=O) groups is 2. The predicted octanol–water partition coefficient (Wildman–Crippen LogP) is 4.76. The largest absolute Gasteiger partial charge is 0.485 e. The summed E-state index contributed by atoms with van der Waals surface area (Å²) in [6.07, 6.45) is 0. The van der Waals surface area contributed by atoms with Crippen molar-refractivity contribution in [3.05, 3.63) is 77.6 Å². The first-order valence-corrected chi connectivity index (χ1v) is 12.1. The minimum absolute atomic E-state index is 0.163. The topological polar surface area (TPSA) is 95.3 Å². The lowest BCUT2D eigenvalue weighted by molar-refractivity contribution is -0.113. The highest BCUT2D eigenvalue weighted by molar-refractivity contribution is 7.99. The number of aromatic nitrogens is 3. The maximum Gasteiger partial charge on any atom is 0.338 e. The zero-order valence-corrected chi connectivity index (χ0v) is 20.6. The van der Waals surface area contributed by atoms with Gasteiger partial charge in [-0.15, -0.1) is 10.2 Å². The van der Waals surface area contributed by atoms with E-state index in [1.165, 1.54) is 17.1 Å². The second-order valence-electron chi connectivity index (χ2n) is 7.79. The highest BCUT2D eigenvalue weighted by atomic mass is 32.2. The summed E-state index contributed by atoms with van der Waals surface area (Å²) >= 11 is 1.28. The number of benzene rings is 3. The fraction of sp³-hybridized carbons (Fsp3) is 0.231. The summed E-state index contributed by atoms with van der Waals surface area (Å²) in [6, 6.07) is 18.8. The Bertz CT molecular complexity index is 1350. The molecule has 3 aromatic carbocycles. The van der Waals surface area contributed by atoms with Crippen LogP contribution in [-0.4, -0.2) is 39.0 Å². The molecular weight excluding hydrogens is 464 g/mol. The van der Waals surface area contributed by atoms with Crippen LogP contribution in [0.25, 0.3) is 10.8 Å². The molecule has 1 N–H and O–H groups in total. The molecule has 1 amide bonds. The van der Waals surface area contributed by atoms with Gasteiger partial charge in [0.25, 0.3) is 0 Å². The summed E-state index contributed by atoms with van der Waals surface area (Å²) in [5.41, 5.74) is 2.11. The van der Waals surface area contributed by atoms with E-state index in [4.69, 9.17) is 9.47 Å². The Morgan fingerprint density at radius 2 is 1.80 bits per heavy atom. The normalized spacial score (nSPS) is 10.8. The maximum absolute atomic E-state index is 12.4. The Kier molecular flexibility index (Phi) is 7.67. The van der Waals surface area contributed by atoms with E-state index in [-0.39, 0.29) is 18.3 Å². The van der Waals surface area contributed by atoms with E-state index in [1.807, 2.05) is 42.8 Å². The van der Waals surface area contributed by atoms with Gasteiger partial charge in [0.1, 0.15) is 12.4 Å². The Labute approximate surface area is 207 Å². The third kappa shape index (κ3) is 5.81. The van der Waals surface area contributed by atoms with E-state index < -0.39 is 5.97 Å². The number of hydrogen-bond acceptors (Lipinski definition) is 7. The summed E-state index contributed by atoms with van der Waals surface area (Å²) in [4.78, 5) is 24.1. The Hall–Kier alpha value is -3.85. The average Bonchev–Trinajstić information content (AvgIpc) is 3.22. The zero-order chi connectivity index (χ0) is 24.8. The Morgan fingerprint density at radius 3 is 2.57 bits per heavy atom. The van der Waals surface area contributed by atoms with Crippen LogP contribution in [0.1, 0.15) is 28.7 Å². The van der Waals surface area contributed by atoms with Crippen LogP contribution >= 0.6 is 11.8 Å². The van der Waals surface area contributed by atoms with Gasteiger partial charge in [-0.3, -0.25) is 4.79 Å². The smallest absolute Gasteiger partial charge is 0.338 e. The first-order valence-electron chi connectivity index (χ1n) is 11.2. The van der Waals surface area contributed by atoms with Crippen molar-refractivity contribution in [3.8, 4) is 5.75 Å². The standard InChI is InChI=1S/C26H26N4O4S/c1-4-33-25(32)19-9-12-20(13-10-19)27-24(31)16-35-26-29-28-23(30(26)3)15-34-22-14-11-18-7-5-6-8-21(18)17(22)2/h5-14H,4,15-16H2,1-3H3,(H,27,31). The number of carbonyl (C=O) groups excluding carboxylic acids is 2. The van der Waals surface area contributed by atoms with Crippen LogP contribution in [0.5, 0.6) is 5.75 Å². The van der Waals surface area contributed by atoms with Crippen LogP contribution in [0.4, 0.5) is 5.69 Å². The van der Waals surface area contributed by atoms with E-state index in [1.54, 1.807) is 31.2 Å². The monoisotopic (exact) mass is 490 g/mol. The van der Waals surface area contributed by atoms with E-state index in [2.05, 4.69) is 27.6 Å². The van der Waals surface area contributed by atoms with Crippen molar-refractivity contribution in [2.45, 2.75) is 25.6 Å². The molecule has 1 aromatic heterocycles. The highest BCUT2D eigenvalue weighted by Gasteiger charge is 2.14. The first-order chi connectivity index (χ1) is 17.0. The van der Waals surface area contributed by atoms with Crippen molar-refractivity contribution in [1.82, 2.24) is 14.8 Å². The number of aryl methyl sites for hydroxylation is 1. The molecule has 35 heavy (non-hydrogen) atoms. The van der Waals surface area contributed by atoms with Gasteiger partial charge in [0, 0.05) is 12.7 Å². The van der Waals surface area contributed by atoms with Crippen LogP contribution in [0.2, 0.25) is 0 Å². The third-order valence-electron chi connectivity index (χ3n) is 5.44. The maximum atomic E-state index is 12.4. The van der Waals surface area contributed by atoms with Crippen molar-refractivity contribution >= 4 is 40.1 Å². The molecule has 0 saturated heterocycles. The first kappa shape index (κ1) is 24.3. The number of nitrogens with one attached hydrogen (secondary N) is 1. The number of nitrogens with zero attached hydrogens (tertiary/aromatic N) is 3. The molecular formula is C26H26N4O4S. The molecule has 0 spiro atoms. The van der Waals surface area contributed by atoms with E-state index in [0.717, 1.165) is 16.7 Å². The Morgan fingerprint density at radius 1 is 1.03 bits per heavy atom. The van der Waals surface area contributed by atoms with Gasteiger partial charge in [-0.25, -0.2) is 4.79 Å². The number of amides is 1. The fourth-order valence-corrected chi connectivity index (χ4v) is 4.26. The van der Waals surface area contributed by atoms with Crippen molar-refractivity contribution < 1.29 is 19.1 Å². The molecule has 0 radical (unpaired) electrons. The van der Waals surface area contributed by atoms with Gasteiger partial charge >= 0.3 is 5.97 Å². The molecule has 0 aliphatic carbocycles. The number of thioether (sulfide) groups is 1. The summed E-state index contributed by atoms with van der Waals surface area (Å²) in [7, 11) is 1.85. The number of anilines is 1. The number of rotatable bonds is 9. The summed E-state index contributed by atoms with van der Waals surface area (Å²) in [6.45, 7) is 4.37. The van der Waals surface area contributed by atoms with E-state index >= 15 is 0 Å². The molecule has 8 nitrogen and oxygen atoms in total. The third-order valence-corrected chi connectivity index (χ3v) is 6.46. The lowest BCUT2D eigenvalue weighted by atomic mass is 10.0. The Balaban J connectivity index is 1.31. The lowest BCUT2D eigenvalue weighted by Gasteiger charge is -2.11. The second kappa shape index (κ2) is 11.1. The number of fused-ring (bicyclic) bond motifs is 1. The molecule has 4 rings (SSSR count). The number of esters is 1. The van der Waals surface area contributed by atoms with Gasteiger partial charge in [0.2, 0.25) is 5.91 Å². The van der Waals surface area contributed by atoms with Crippen LogP contribution in [0, 0.1) is 6.92 Å². The van der Waals surface area contributed by atoms with Gasteiger partial charge in [-0.05, 0) is 60.5 Å². The average molecular weight is 491 g/mol. The molecule has 4 aromatic rings. The van der Waals surface area contributed by atoms with Crippen molar-refractivity contribution in [2.75, 3.05) is 17.7 Å². The molecule has 0 saturated carbocycles. The van der Waals surface area contributed by atoms with Gasteiger partial charge in [-0.1, -0.05) is 42.1 Å². The molecule has 0 unspecified atom stereocenters. The van der Waals surface area contributed by atoms with Gasteiger partial charge in [-0.2, -0.15) is 0 Å². The van der Waals surface area contributed by atoms with Crippen molar-refractivity contribution in [2.24, 2.45) is 7.05 Å². The molecule has 0 fully saturated rings.